The Bertz CT molecular complexity index is 894. The number of aromatic amines is 1. The Balaban J connectivity index is 1.60. The van der Waals surface area contributed by atoms with Crippen LogP contribution in [0, 0.1) is 0 Å². The first-order valence-corrected chi connectivity index (χ1v) is 9.30. The lowest BCUT2D eigenvalue weighted by Gasteiger charge is -2.34. The quantitative estimate of drug-likeness (QED) is 0.727. The van der Waals surface area contributed by atoms with Crippen LogP contribution in [-0.2, 0) is 13.6 Å². The molecule has 27 heavy (non-hydrogen) atoms. The summed E-state index contributed by atoms with van der Waals surface area (Å²) in [4.78, 5) is 19.5. The van der Waals surface area contributed by atoms with E-state index in [1.54, 1.807) is 6.20 Å². The standard InChI is InChI=1S/C20H24N6O/c1-25-11-3-5-19(25)17-12-18(24-23-17)20(27)26(16-6-9-21-10-7-16)14-15-4-2-8-22-13-15/h2-5,8,11-13,16,21H,6-7,9-10,14H2,1H3,(H,23,24). The number of nitrogens with zero attached hydrogens (tertiary/aromatic N) is 4. The number of hydrogen-bond acceptors (Lipinski definition) is 4. The van der Waals surface area contributed by atoms with Gasteiger partial charge in [-0.25, -0.2) is 0 Å². The molecule has 3 aromatic heterocycles. The van der Waals surface area contributed by atoms with Crippen molar-refractivity contribution in [1.29, 1.82) is 0 Å². The van der Waals surface area contributed by atoms with Crippen molar-refractivity contribution < 1.29 is 4.79 Å². The van der Waals surface area contributed by atoms with Crippen LogP contribution in [0.3, 0.4) is 0 Å². The summed E-state index contributed by atoms with van der Waals surface area (Å²) in [6.07, 6.45) is 7.44. The van der Waals surface area contributed by atoms with Gasteiger partial charge in [0.05, 0.1) is 5.69 Å². The lowest BCUT2D eigenvalue weighted by Crippen LogP contribution is -2.45. The number of piperidine rings is 1. The normalized spacial score (nSPS) is 15.0. The Morgan fingerprint density at radius 2 is 2.15 bits per heavy atom. The average molecular weight is 364 g/mol. The number of pyridine rings is 1. The van der Waals surface area contributed by atoms with Gasteiger partial charge in [0.15, 0.2) is 0 Å². The first kappa shape index (κ1) is 17.5. The molecule has 7 nitrogen and oxygen atoms in total. The third-order valence-corrected chi connectivity index (χ3v) is 5.10. The summed E-state index contributed by atoms with van der Waals surface area (Å²) in [5, 5.41) is 10.7. The van der Waals surface area contributed by atoms with Crippen LogP contribution < -0.4 is 5.32 Å². The fourth-order valence-electron chi connectivity index (χ4n) is 3.62. The number of aryl methyl sites for hydroxylation is 1. The molecular weight excluding hydrogens is 340 g/mol. The van der Waals surface area contributed by atoms with Gasteiger partial charge >= 0.3 is 0 Å². The zero-order valence-corrected chi connectivity index (χ0v) is 15.4. The van der Waals surface area contributed by atoms with Crippen molar-refractivity contribution in [3.05, 3.63) is 60.2 Å². The first-order chi connectivity index (χ1) is 13.2. The zero-order valence-electron chi connectivity index (χ0n) is 15.4. The molecule has 0 spiro atoms. The summed E-state index contributed by atoms with van der Waals surface area (Å²) in [6.45, 7) is 2.41. The molecule has 1 fully saturated rings. The summed E-state index contributed by atoms with van der Waals surface area (Å²) >= 11 is 0. The monoisotopic (exact) mass is 364 g/mol. The minimum atomic E-state index is -0.0151. The van der Waals surface area contributed by atoms with Gasteiger partial charge in [0.2, 0.25) is 0 Å². The molecule has 7 heteroatoms. The van der Waals surface area contributed by atoms with Crippen LogP contribution in [0.15, 0.2) is 48.9 Å². The fourth-order valence-corrected chi connectivity index (χ4v) is 3.62. The number of aromatic nitrogens is 4. The van der Waals surface area contributed by atoms with Crippen molar-refractivity contribution in [1.82, 2.24) is 30.0 Å². The lowest BCUT2D eigenvalue weighted by molar-refractivity contribution is 0.0617. The molecule has 140 valence electrons. The van der Waals surface area contributed by atoms with Crippen molar-refractivity contribution in [2.75, 3.05) is 13.1 Å². The molecule has 1 aliphatic rings. The summed E-state index contributed by atoms with van der Waals surface area (Å²) < 4.78 is 1.99. The highest BCUT2D eigenvalue weighted by molar-refractivity contribution is 5.93. The Hall–Kier alpha value is -2.93. The summed E-state index contributed by atoms with van der Waals surface area (Å²) in [7, 11) is 1.97. The Labute approximate surface area is 158 Å². The molecule has 0 saturated carbocycles. The largest absolute Gasteiger partial charge is 0.349 e. The highest BCUT2D eigenvalue weighted by Gasteiger charge is 2.27. The van der Waals surface area contributed by atoms with E-state index in [1.807, 2.05) is 59.2 Å². The molecule has 4 heterocycles. The number of rotatable bonds is 5. The summed E-state index contributed by atoms with van der Waals surface area (Å²) in [6, 6.07) is 9.93. The van der Waals surface area contributed by atoms with Crippen LogP contribution in [0.5, 0.6) is 0 Å². The minimum Gasteiger partial charge on any atom is -0.349 e. The Morgan fingerprint density at radius 3 is 2.85 bits per heavy atom. The van der Waals surface area contributed by atoms with Gasteiger partial charge < -0.3 is 14.8 Å². The third-order valence-electron chi connectivity index (χ3n) is 5.10. The van der Waals surface area contributed by atoms with Gasteiger partial charge in [0.25, 0.3) is 5.91 Å². The first-order valence-electron chi connectivity index (χ1n) is 9.30. The molecule has 1 saturated heterocycles. The van der Waals surface area contributed by atoms with E-state index in [-0.39, 0.29) is 11.9 Å². The SMILES string of the molecule is Cn1cccc1-c1cc(C(=O)N(Cc2cccnc2)C2CCNCC2)[nH]n1. The second-order valence-electron chi connectivity index (χ2n) is 6.95. The second kappa shape index (κ2) is 7.75. The molecule has 1 aliphatic heterocycles. The van der Waals surface area contributed by atoms with Crippen LogP contribution >= 0.6 is 0 Å². The van der Waals surface area contributed by atoms with Gasteiger partial charge in [-0.2, -0.15) is 5.10 Å². The highest BCUT2D eigenvalue weighted by Crippen LogP contribution is 2.21. The van der Waals surface area contributed by atoms with Gasteiger partial charge in [0, 0.05) is 38.2 Å². The third kappa shape index (κ3) is 3.78. The Kier molecular flexibility index (Phi) is 5.02. The predicted octanol–water partition coefficient (Wildman–Crippen LogP) is 2.20. The molecule has 0 aromatic carbocycles. The van der Waals surface area contributed by atoms with E-state index < -0.39 is 0 Å². The molecule has 0 bridgehead atoms. The van der Waals surface area contributed by atoms with Crippen LogP contribution in [0.1, 0.15) is 28.9 Å². The number of amides is 1. The second-order valence-corrected chi connectivity index (χ2v) is 6.95. The van der Waals surface area contributed by atoms with Crippen LogP contribution in [0.4, 0.5) is 0 Å². The van der Waals surface area contributed by atoms with E-state index in [0.717, 1.165) is 42.9 Å². The van der Waals surface area contributed by atoms with E-state index in [9.17, 15) is 4.79 Å². The molecular formula is C20H24N6O. The van der Waals surface area contributed by atoms with Gasteiger partial charge in [-0.05, 0) is 55.8 Å². The molecule has 3 aromatic rings. The average Bonchev–Trinajstić information content (AvgIpc) is 3.36. The van der Waals surface area contributed by atoms with E-state index in [4.69, 9.17) is 0 Å². The van der Waals surface area contributed by atoms with Crippen molar-refractivity contribution in [3.63, 3.8) is 0 Å². The van der Waals surface area contributed by atoms with Gasteiger partial charge in [0.1, 0.15) is 11.4 Å². The predicted molar refractivity (Wildman–Crippen MR) is 103 cm³/mol. The summed E-state index contributed by atoms with van der Waals surface area (Å²) in [5.74, 6) is -0.0151. The van der Waals surface area contributed by atoms with Crippen LogP contribution in [-0.4, -0.2) is 49.7 Å². The smallest absolute Gasteiger partial charge is 0.272 e. The van der Waals surface area contributed by atoms with E-state index in [2.05, 4.69) is 20.5 Å². The number of nitrogens with one attached hydrogen (secondary N) is 2. The maximum atomic E-state index is 13.3. The molecule has 0 radical (unpaired) electrons. The van der Waals surface area contributed by atoms with Crippen LogP contribution in [0.2, 0.25) is 0 Å². The van der Waals surface area contributed by atoms with Crippen molar-refractivity contribution in [3.8, 4) is 11.4 Å². The van der Waals surface area contributed by atoms with E-state index >= 15 is 0 Å². The van der Waals surface area contributed by atoms with Crippen LogP contribution in [0.25, 0.3) is 11.4 Å². The van der Waals surface area contributed by atoms with E-state index in [1.165, 1.54) is 0 Å². The van der Waals surface area contributed by atoms with Gasteiger partial charge in [-0.1, -0.05) is 6.07 Å². The number of carbonyl (C=O) groups is 1. The molecule has 0 atom stereocenters. The van der Waals surface area contributed by atoms with Gasteiger partial charge in [-0.3, -0.25) is 14.9 Å². The van der Waals surface area contributed by atoms with Crippen molar-refractivity contribution >= 4 is 5.91 Å². The number of hydrogen-bond donors (Lipinski definition) is 2. The minimum absolute atomic E-state index is 0.0151. The molecule has 0 aliphatic carbocycles. The highest BCUT2D eigenvalue weighted by atomic mass is 16.2. The zero-order chi connectivity index (χ0) is 18.6. The molecule has 4 rings (SSSR count). The lowest BCUT2D eigenvalue weighted by atomic mass is 10.0. The maximum absolute atomic E-state index is 13.3. The van der Waals surface area contributed by atoms with Crippen molar-refractivity contribution in [2.45, 2.75) is 25.4 Å². The molecule has 1 amide bonds. The maximum Gasteiger partial charge on any atom is 0.272 e. The molecule has 0 unspecified atom stereocenters. The molecule has 2 N–H and O–H groups in total. The van der Waals surface area contributed by atoms with E-state index in [0.29, 0.717) is 12.2 Å². The topological polar surface area (TPSA) is 78.8 Å². The Morgan fingerprint density at radius 1 is 1.30 bits per heavy atom. The van der Waals surface area contributed by atoms with Gasteiger partial charge in [-0.15, -0.1) is 0 Å². The number of H-pyrrole nitrogens is 1. The summed E-state index contributed by atoms with van der Waals surface area (Å²) in [5.41, 5.74) is 3.31. The van der Waals surface area contributed by atoms with Crippen molar-refractivity contribution in [2.24, 2.45) is 7.05 Å². The fraction of sp³-hybridized carbons (Fsp3) is 0.350. The number of carbonyl (C=O) groups excluding carboxylic acids is 1.